The average molecular weight is 488 g/mol. The van der Waals surface area contributed by atoms with Gasteiger partial charge in [-0.15, -0.1) is 0 Å². The Morgan fingerprint density at radius 2 is 1.81 bits per heavy atom. The summed E-state index contributed by atoms with van der Waals surface area (Å²) in [6, 6.07) is 8.51. The highest BCUT2D eigenvalue weighted by molar-refractivity contribution is 5.95. The molecule has 36 heavy (non-hydrogen) atoms. The molecule has 6 nitrogen and oxygen atoms in total. The van der Waals surface area contributed by atoms with Gasteiger partial charge in [-0.25, -0.2) is 4.98 Å². The molecule has 3 heterocycles. The van der Waals surface area contributed by atoms with E-state index in [1.165, 1.54) is 36.9 Å². The molecule has 0 atom stereocenters. The predicted octanol–water partition coefficient (Wildman–Crippen LogP) is 6.41. The summed E-state index contributed by atoms with van der Waals surface area (Å²) in [4.78, 5) is 20.1. The Labute approximate surface area is 215 Å². The minimum Gasteiger partial charge on any atom is -0.310 e. The number of anilines is 1. The summed E-state index contributed by atoms with van der Waals surface area (Å²) >= 11 is 0. The van der Waals surface area contributed by atoms with Crippen molar-refractivity contribution in [2.24, 2.45) is 24.8 Å². The van der Waals surface area contributed by atoms with Crippen molar-refractivity contribution in [3.8, 4) is 11.1 Å². The lowest BCUT2D eigenvalue weighted by Crippen LogP contribution is -2.30. The molecule has 192 valence electrons. The molecule has 1 aliphatic carbocycles. The molecule has 2 aliphatic rings. The van der Waals surface area contributed by atoms with Crippen LogP contribution >= 0.6 is 0 Å². The maximum atomic E-state index is 13.0. The Kier molecular flexibility index (Phi) is 7.70. The monoisotopic (exact) mass is 487 g/mol. The van der Waals surface area contributed by atoms with Crippen LogP contribution in [0.4, 0.5) is 5.82 Å². The molecule has 0 radical (unpaired) electrons. The van der Waals surface area contributed by atoms with E-state index in [4.69, 9.17) is 0 Å². The number of rotatable bonds is 7. The number of aryl methyl sites for hydroxylation is 1. The van der Waals surface area contributed by atoms with Crippen LogP contribution in [0.1, 0.15) is 70.9 Å². The van der Waals surface area contributed by atoms with Gasteiger partial charge < -0.3 is 5.32 Å². The molecule has 6 heteroatoms. The maximum absolute atomic E-state index is 13.0. The quantitative estimate of drug-likeness (QED) is 0.418. The largest absolute Gasteiger partial charge is 0.310 e. The van der Waals surface area contributed by atoms with Crippen LogP contribution in [0.2, 0.25) is 0 Å². The fourth-order valence-electron chi connectivity index (χ4n) is 6.15. The van der Waals surface area contributed by atoms with Gasteiger partial charge in [0.15, 0.2) is 0 Å². The van der Waals surface area contributed by atoms with Crippen LogP contribution in [0.25, 0.3) is 21.9 Å². The van der Waals surface area contributed by atoms with E-state index in [0.717, 1.165) is 73.5 Å². The predicted molar refractivity (Wildman–Crippen MR) is 147 cm³/mol. The van der Waals surface area contributed by atoms with Crippen molar-refractivity contribution < 1.29 is 4.79 Å². The highest BCUT2D eigenvalue weighted by atomic mass is 16.1. The van der Waals surface area contributed by atoms with E-state index in [1.807, 2.05) is 30.2 Å². The van der Waals surface area contributed by atoms with Crippen molar-refractivity contribution in [3.63, 3.8) is 0 Å². The Bertz CT molecular complexity index is 1190. The number of nitrogens with one attached hydrogen (secondary N) is 1. The lowest BCUT2D eigenvalue weighted by atomic mass is 9.78. The van der Waals surface area contributed by atoms with Crippen LogP contribution in [-0.2, 0) is 18.4 Å². The first-order chi connectivity index (χ1) is 17.5. The minimum absolute atomic E-state index is 0.102. The zero-order chi connectivity index (χ0) is 25.1. The summed E-state index contributed by atoms with van der Waals surface area (Å²) in [6.45, 7) is 7.84. The van der Waals surface area contributed by atoms with Crippen LogP contribution in [0, 0.1) is 17.8 Å². The van der Waals surface area contributed by atoms with Crippen LogP contribution in [0.5, 0.6) is 0 Å². The zero-order valence-corrected chi connectivity index (χ0v) is 22.2. The molecule has 1 amide bonds. The third-order valence-corrected chi connectivity index (χ3v) is 8.19. The molecule has 1 saturated heterocycles. The van der Waals surface area contributed by atoms with Crippen LogP contribution in [0.3, 0.4) is 0 Å². The maximum Gasteiger partial charge on any atom is 0.228 e. The lowest BCUT2D eigenvalue weighted by molar-refractivity contribution is -0.121. The van der Waals surface area contributed by atoms with Crippen molar-refractivity contribution in [2.45, 2.75) is 71.8 Å². The minimum atomic E-state index is 0.102. The third kappa shape index (κ3) is 5.80. The van der Waals surface area contributed by atoms with Gasteiger partial charge in [-0.05, 0) is 93.0 Å². The van der Waals surface area contributed by atoms with Crippen LogP contribution in [-0.4, -0.2) is 38.7 Å². The Balaban J connectivity index is 1.30. The molecule has 1 saturated carbocycles. The number of likely N-dealkylation sites (tertiary alicyclic amines) is 1. The summed E-state index contributed by atoms with van der Waals surface area (Å²) in [7, 11) is 2.04. The first kappa shape index (κ1) is 24.9. The number of aromatic nitrogens is 3. The number of piperidine rings is 1. The van der Waals surface area contributed by atoms with Crippen molar-refractivity contribution in [3.05, 3.63) is 42.4 Å². The van der Waals surface area contributed by atoms with Gasteiger partial charge in [0.05, 0.1) is 11.9 Å². The standard InChI is InChI=1S/C30H41N5O/c1-21(2)15-22-7-9-23(10-8-22)30(36)33-29-17-26-16-24(11-12-25(26)18-31-29)27-19-32-34(3)28(27)20-35-13-5-4-6-14-35/h11-12,16-19,21-23H,4-10,13-15,20H2,1-3H3,(H,31,33,36). The average Bonchev–Trinajstić information content (AvgIpc) is 3.24. The van der Waals surface area contributed by atoms with Crippen LogP contribution in [0.15, 0.2) is 36.7 Å². The molecule has 2 aromatic heterocycles. The number of carbonyl (C=O) groups excluding carboxylic acids is 1. The fraction of sp³-hybridized carbons (Fsp3) is 0.567. The van der Waals surface area contributed by atoms with Gasteiger partial charge in [0.1, 0.15) is 5.82 Å². The van der Waals surface area contributed by atoms with Gasteiger partial charge in [0, 0.05) is 36.7 Å². The summed E-state index contributed by atoms with van der Waals surface area (Å²) in [5, 5.41) is 9.87. The molecule has 0 bridgehead atoms. The summed E-state index contributed by atoms with van der Waals surface area (Å²) in [6.07, 6.45) is 13.3. The van der Waals surface area contributed by atoms with Gasteiger partial charge >= 0.3 is 0 Å². The van der Waals surface area contributed by atoms with Gasteiger partial charge in [0.2, 0.25) is 5.91 Å². The molecule has 1 N–H and O–H groups in total. The number of carbonyl (C=O) groups is 1. The second kappa shape index (κ2) is 11.1. The number of hydrogen-bond acceptors (Lipinski definition) is 4. The molecule has 5 rings (SSSR count). The topological polar surface area (TPSA) is 63.1 Å². The fourth-order valence-corrected chi connectivity index (χ4v) is 6.15. The van der Waals surface area contributed by atoms with E-state index in [1.54, 1.807) is 0 Å². The van der Waals surface area contributed by atoms with Gasteiger partial charge in [-0.1, -0.05) is 32.4 Å². The van der Waals surface area contributed by atoms with Gasteiger partial charge in [0.25, 0.3) is 0 Å². The van der Waals surface area contributed by atoms with Crippen LogP contribution < -0.4 is 5.32 Å². The highest BCUT2D eigenvalue weighted by Gasteiger charge is 2.27. The molecule has 2 fully saturated rings. The summed E-state index contributed by atoms with van der Waals surface area (Å²) < 4.78 is 2.02. The molecular formula is C30H41N5O. The number of hydrogen-bond donors (Lipinski definition) is 1. The smallest absolute Gasteiger partial charge is 0.228 e. The van der Waals surface area contributed by atoms with Crippen molar-refractivity contribution in [2.75, 3.05) is 18.4 Å². The lowest BCUT2D eigenvalue weighted by Gasteiger charge is -2.28. The second-order valence-corrected chi connectivity index (χ2v) is 11.4. The molecular weight excluding hydrogens is 446 g/mol. The molecule has 3 aromatic rings. The van der Waals surface area contributed by atoms with Crippen molar-refractivity contribution in [1.82, 2.24) is 19.7 Å². The first-order valence-corrected chi connectivity index (χ1v) is 13.9. The van der Waals surface area contributed by atoms with E-state index in [0.29, 0.717) is 5.82 Å². The Morgan fingerprint density at radius 1 is 1.03 bits per heavy atom. The van der Waals surface area contributed by atoms with E-state index in [9.17, 15) is 4.79 Å². The van der Waals surface area contributed by atoms with Gasteiger partial charge in [-0.3, -0.25) is 14.4 Å². The molecule has 1 aliphatic heterocycles. The molecule has 0 spiro atoms. The molecule has 1 aromatic carbocycles. The van der Waals surface area contributed by atoms with E-state index < -0.39 is 0 Å². The van der Waals surface area contributed by atoms with Crippen molar-refractivity contribution >= 4 is 22.5 Å². The second-order valence-electron chi connectivity index (χ2n) is 11.4. The number of benzene rings is 1. The first-order valence-electron chi connectivity index (χ1n) is 13.9. The summed E-state index contributed by atoms with van der Waals surface area (Å²) in [5.74, 6) is 2.38. The highest BCUT2D eigenvalue weighted by Crippen LogP contribution is 2.34. The Morgan fingerprint density at radius 3 is 2.56 bits per heavy atom. The van der Waals surface area contributed by atoms with E-state index in [-0.39, 0.29) is 11.8 Å². The van der Waals surface area contributed by atoms with E-state index in [2.05, 4.69) is 52.3 Å². The molecule has 0 unspecified atom stereocenters. The van der Waals surface area contributed by atoms with Crippen molar-refractivity contribution in [1.29, 1.82) is 0 Å². The Hall–Kier alpha value is -2.73. The third-order valence-electron chi connectivity index (χ3n) is 8.19. The number of pyridine rings is 1. The van der Waals surface area contributed by atoms with Gasteiger partial charge in [-0.2, -0.15) is 5.10 Å². The number of amides is 1. The zero-order valence-electron chi connectivity index (χ0n) is 22.2. The normalized spacial score (nSPS) is 21.2. The SMILES string of the molecule is CC(C)CC1CCC(C(=O)Nc2cc3cc(-c4cnn(C)c4CN4CCCCC4)ccc3cn2)CC1. The van der Waals surface area contributed by atoms with E-state index >= 15 is 0 Å². The summed E-state index contributed by atoms with van der Waals surface area (Å²) in [5.41, 5.74) is 3.60. The number of fused-ring (bicyclic) bond motifs is 1. The number of nitrogens with zero attached hydrogens (tertiary/aromatic N) is 4.